The summed E-state index contributed by atoms with van der Waals surface area (Å²) >= 11 is 0. The number of quaternary nitrogens is 1. The van der Waals surface area contributed by atoms with Crippen molar-refractivity contribution in [3.05, 3.63) is 0 Å². The number of carbonyl (C=O) groups is 1. The summed E-state index contributed by atoms with van der Waals surface area (Å²) in [5.74, 6) is 2.16. The number of nitrogens with zero attached hydrogens (tertiary/aromatic N) is 1. The molecule has 11 atom stereocenters. The van der Waals surface area contributed by atoms with Crippen LogP contribution in [-0.4, -0.2) is 77.8 Å². The Bertz CT molecular complexity index is 789. The molecule has 4 fully saturated rings. The number of fused-ring (bicyclic) bond motifs is 5. The fraction of sp³-hybridized carbons (Fsp3) is 0.967. The summed E-state index contributed by atoms with van der Waals surface area (Å²) in [5.41, 5.74) is -0.0870. The van der Waals surface area contributed by atoms with E-state index in [1.165, 1.54) is 0 Å². The Morgan fingerprint density at radius 3 is 2.47 bits per heavy atom. The Hall–Kier alpha value is -0.690. The molecule has 4 rings (SSSR count). The lowest BCUT2D eigenvalue weighted by molar-refractivity contribution is -0.887. The Balaban J connectivity index is 1.40. The molecule has 0 saturated heterocycles. The number of aliphatic hydroxyl groups excluding tert-OH is 3. The minimum atomic E-state index is -0.365. The third-order valence-electron chi connectivity index (χ3n) is 12.2. The molecule has 0 bridgehead atoms. The molecule has 1 amide bonds. The zero-order valence-corrected chi connectivity index (χ0v) is 23.9. The van der Waals surface area contributed by atoms with Gasteiger partial charge < -0.3 is 25.1 Å². The molecule has 0 aromatic rings. The third kappa shape index (κ3) is 5.01. The average molecular weight is 508 g/mol. The first-order chi connectivity index (χ1) is 16.8. The predicted molar refractivity (Wildman–Crippen MR) is 143 cm³/mol. The molecule has 0 aromatic carbocycles. The molecule has 6 nitrogen and oxygen atoms in total. The smallest absolute Gasteiger partial charge is 0.220 e. The summed E-state index contributed by atoms with van der Waals surface area (Å²) in [4.78, 5) is 12.6. The number of amides is 1. The van der Waals surface area contributed by atoms with Gasteiger partial charge in [0.15, 0.2) is 0 Å². The minimum absolute atomic E-state index is 0.109. The van der Waals surface area contributed by atoms with E-state index in [-0.39, 0.29) is 41.0 Å². The largest absolute Gasteiger partial charge is 0.393 e. The van der Waals surface area contributed by atoms with Crippen LogP contribution >= 0.6 is 0 Å². The number of nitrogens with one attached hydrogen (secondary N) is 1. The van der Waals surface area contributed by atoms with Crippen LogP contribution in [0.5, 0.6) is 0 Å². The summed E-state index contributed by atoms with van der Waals surface area (Å²) in [5, 5.41) is 36.6. The van der Waals surface area contributed by atoms with Crippen molar-refractivity contribution in [3.63, 3.8) is 0 Å². The van der Waals surface area contributed by atoms with Crippen molar-refractivity contribution in [3.8, 4) is 0 Å². The zero-order chi connectivity index (χ0) is 26.5. The van der Waals surface area contributed by atoms with Gasteiger partial charge in [-0.25, -0.2) is 0 Å². The maximum atomic E-state index is 12.6. The van der Waals surface area contributed by atoms with E-state index in [0.29, 0.717) is 42.6 Å². The van der Waals surface area contributed by atoms with E-state index >= 15 is 0 Å². The minimum Gasteiger partial charge on any atom is -0.393 e. The first kappa shape index (κ1) is 28.3. The molecule has 4 N–H and O–H groups in total. The number of carbonyl (C=O) groups excluding carboxylic acids is 1. The monoisotopic (exact) mass is 507 g/mol. The molecule has 0 unspecified atom stereocenters. The molecule has 0 radical (unpaired) electrons. The van der Waals surface area contributed by atoms with E-state index < -0.39 is 0 Å². The number of rotatable bonds is 8. The maximum absolute atomic E-state index is 12.6. The topological polar surface area (TPSA) is 89.8 Å². The number of hydrogen-bond acceptors (Lipinski definition) is 4. The van der Waals surface area contributed by atoms with Gasteiger partial charge in [0.25, 0.3) is 0 Å². The van der Waals surface area contributed by atoms with Crippen molar-refractivity contribution in [1.82, 2.24) is 5.32 Å². The highest BCUT2D eigenvalue weighted by molar-refractivity contribution is 5.75. The lowest BCUT2D eigenvalue weighted by atomic mass is 9.43. The highest BCUT2D eigenvalue weighted by Crippen LogP contribution is 2.68. The van der Waals surface area contributed by atoms with Gasteiger partial charge in [0.1, 0.15) is 0 Å². The summed E-state index contributed by atoms with van der Waals surface area (Å²) in [7, 11) is 4.37. The molecule has 36 heavy (non-hydrogen) atoms. The molecule has 0 aromatic heterocycles. The van der Waals surface area contributed by atoms with Crippen LogP contribution in [0.25, 0.3) is 0 Å². The molecule has 0 heterocycles. The van der Waals surface area contributed by atoms with Gasteiger partial charge >= 0.3 is 0 Å². The summed E-state index contributed by atoms with van der Waals surface area (Å²) < 4.78 is 0.908. The SMILES string of the molecule is CC[N+](C)(C)CCNC(=O)CC[C@@H](C)[C@H]1CC[C@H]2[C@@H]3[C@H](O)C[C@@H]4C[C@H](O)CC[C@]4(C)[C@H]3C[C@H](O)[C@]12C. The molecule has 4 aliphatic rings. The second-order valence-electron chi connectivity index (χ2n) is 14.4. The Kier molecular flexibility index (Phi) is 8.23. The molecule has 6 heteroatoms. The maximum Gasteiger partial charge on any atom is 0.220 e. The van der Waals surface area contributed by atoms with Gasteiger partial charge in [-0.2, -0.15) is 0 Å². The fourth-order valence-electron chi connectivity index (χ4n) is 9.44. The first-order valence-corrected chi connectivity index (χ1v) is 15.0. The van der Waals surface area contributed by atoms with Gasteiger partial charge in [-0.1, -0.05) is 20.8 Å². The standard InChI is InChI=1S/C30H54N2O4/c1-7-32(5,6)15-14-31-27(36)11-8-19(2)22-9-10-23-28-24(18-26(35)30(22,23)4)29(3)13-12-21(33)16-20(29)17-25(28)34/h19-26,28,33-35H,7-18H2,1-6H3/p+1/t19-,20+,21-,22-,23+,24+,25-,26+,28+,29+,30-/m1/s1. The highest BCUT2D eigenvalue weighted by atomic mass is 16.3. The van der Waals surface area contributed by atoms with Crippen molar-refractivity contribution in [2.75, 3.05) is 33.7 Å². The van der Waals surface area contributed by atoms with Crippen LogP contribution in [0.15, 0.2) is 0 Å². The second-order valence-corrected chi connectivity index (χ2v) is 14.4. The number of hydrogen-bond donors (Lipinski definition) is 4. The summed E-state index contributed by atoms with van der Waals surface area (Å²) in [6.45, 7) is 11.8. The van der Waals surface area contributed by atoms with Crippen molar-refractivity contribution >= 4 is 5.91 Å². The van der Waals surface area contributed by atoms with Gasteiger partial charge in [-0.15, -0.1) is 0 Å². The summed E-state index contributed by atoms with van der Waals surface area (Å²) in [6.07, 6.45) is 6.83. The molecule has 4 saturated carbocycles. The lowest BCUT2D eigenvalue weighted by Crippen LogP contribution is -2.62. The van der Waals surface area contributed by atoms with Crippen LogP contribution in [0.2, 0.25) is 0 Å². The van der Waals surface area contributed by atoms with E-state index in [4.69, 9.17) is 0 Å². The molecule has 208 valence electrons. The second kappa shape index (κ2) is 10.5. The molecule has 0 aliphatic heterocycles. The normalized spacial score (nSPS) is 45.4. The predicted octanol–water partition coefficient (Wildman–Crippen LogP) is 3.58. The van der Waals surface area contributed by atoms with Crippen LogP contribution in [0.4, 0.5) is 0 Å². The average Bonchev–Trinajstić information content (AvgIpc) is 3.18. The third-order valence-corrected chi connectivity index (χ3v) is 12.2. The van der Waals surface area contributed by atoms with Gasteiger partial charge in [0, 0.05) is 6.42 Å². The van der Waals surface area contributed by atoms with Gasteiger partial charge in [0.05, 0.1) is 52.0 Å². The zero-order valence-electron chi connectivity index (χ0n) is 23.9. The number of likely N-dealkylation sites (N-methyl/N-ethyl adjacent to an activating group) is 1. The van der Waals surface area contributed by atoms with Crippen LogP contribution < -0.4 is 5.32 Å². The Labute approximate surface area is 219 Å². The molecular weight excluding hydrogens is 452 g/mol. The van der Waals surface area contributed by atoms with E-state index in [9.17, 15) is 20.1 Å². The number of aliphatic hydroxyl groups is 3. The van der Waals surface area contributed by atoms with E-state index in [0.717, 1.165) is 68.9 Å². The molecular formula is C30H55N2O4+. The van der Waals surface area contributed by atoms with Crippen molar-refractivity contribution in [1.29, 1.82) is 0 Å². The molecule has 4 aliphatic carbocycles. The Morgan fingerprint density at radius 1 is 1.06 bits per heavy atom. The van der Waals surface area contributed by atoms with Crippen LogP contribution in [0.1, 0.15) is 85.5 Å². The Morgan fingerprint density at radius 2 is 1.78 bits per heavy atom. The fourth-order valence-corrected chi connectivity index (χ4v) is 9.44. The van der Waals surface area contributed by atoms with Crippen LogP contribution in [0, 0.1) is 46.3 Å². The van der Waals surface area contributed by atoms with Crippen molar-refractivity contribution in [2.24, 2.45) is 46.3 Å². The van der Waals surface area contributed by atoms with Crippen LogP contribution in [-0.2, 0) is 4.79 Å². The van der Waals surface area contributed by atoms with Gasteiger partial charge in [0.2, 0.25) is 5.91 Å². The van der Waals surface area contributed by atoms with E-state index in [1.54, 1.807) is 0 Å². The first-order valence-electron chi connectivity index (χ1n) is 15.0. The van der Waals surface area contributed by atoms with Crippen molar-refractivity contribution in [2.45, 2.75) is 104 Å². The van der Waals surface area contributed by atoms with E-state index in [2.05, 4.69) is 47.1 Å². The molecule has 0 spiro atoms. The lowest BCUT2D eigenvalue weighted by Gasteiger charge is -2.63. The van der Waals surface area contributed by atoms with Crippen molar-refractivity contribution < 1.29 is 24.6 Å². The summed E-state index contributed by atoms with van der Waals surface area (Å²) in [6, 6.07) is 0. The van der Waals surface area contributed by atoms with Gasteiger partial charge in [-0.05, 0) is 105 Å². The van der Waals surface area contributed by atoms with E-state index in [1.807, 2.05) is 0 Å². The van der Waals surface area contributed by atoms with Crippen LogP contribution in [0.3, 0.4) is 0 Å². The highest BCUT2D eigenvalue weighted by Gasteiger charge is 2.65. The van der Waals surface area contributed by atoms with Gasteiger partial charge in [-0.3, -0.25) is 4.79 Å². The quantitative estimate of drug-likeness (QED) is 0.378.